The molecule has 0 aliphatic carbocycles. The third kappa shape index (κ3) is 4.93. The molecule has 2 rings (SSSR count). The lowest BCUT2D eigenvalue weighted by Gasteiger charge is -2.31. The molecule has 1 aliphatic rings. The third-order valence-electron chi connectivity index (χ3n) is 3.44. The van der Waals surface area contributed by atoms with Crippen LogP contribution in [0.2, 0.25) is 0 Å². The van der Waals surface area contributed by atoms with Crippen molar-refractivity contribution in [1.29, 1.82) is 0 Å². The minimum Gasteiger partial charge on any atom is -0.334 e. The number of halogens is 3. The van der Waals surface area contributed by atoms with Crippen LogP contribution in [0.15, 0.2) is 30.3 Å². The van der Waals surface area contributed by atoms with E-state index in [0.717, 1.165) is 5.56 Å². The Bertz CT molecular complexity index is 456. The van der Waals surface area contributed by atoms with Gasteiger partial charge >= 0.3 is 12.2 Å². The quantitative estimate of drug-likeness (QED) is 0.801. The summed E-state index contributed by atoms with van der Waals surface area (Å²) >= 11 is 0. The zero-order valence-electron chi connectivity index (χ0n) is 11.4. The van der Waals surface area contributed by atoms with Crippen LogP contribution in [0.4, 0.5) is 18.0 Å². The van der Waals surface area contributed by atoms with Gasteiger partial charge in [-0.3, -0.25) is 0 Å². The Morgan fingerprint density at radius 3 is 2.52 bits per heavy atom. The van der Waals surface area contributed by atoms with Crippen molar-refractivity contribution in [3.63, 3.8) is 0 Å². The molecular weight excluding hydrogens is 283 g/mol. The fourth-order valence-corrected chi connectivity index (χ4v) is 2.27. The van der Waals surface area contributed by atoms with Crippen LogP contribution in [0.3, 0.4) is 0 Å². The summed E-state index contributed by atoms with van der Waals surface area (Å²) < 4.78 is 37.4. The minimum absolute atomic E-state index is 0.0207. The van der Waals surface area contributed by atoms with E-state index in [4.69, 9.17) is 0 Å². The van der Waals surface area contributed by atoms with Gasteiger partial charge in [0.2, 0.25) is 0 Å². The molecule has 3 N–H and O–H groups in total. The standard InChI is InChI=1S/C14H18F3N3O/c15-14(16,17)12-7-6-11(9-18-12)20-13(21)19-8-10-4-2-1-3-5-10/h1-5,11-12,18H,6-9H2,(H2,19,20,21). The maximum atomic E-state index is 12.5. The summed E-state index contributed by atoms with van der Waals surface area (Å²) in [4.78, 5) is 11.7. The summed E-state index contributed by atoms with van der Waals surface area (Å²) in [6.45, 7) is 0.515. The summed E-state index contributed by atoms with van der Waals surface area (Å²) in [6, 6.07) is 7.29. The summed E-state index contributed by atoms with van der Waals surface area (Å²) in [7, 11) is 0. The maximum Gasteiger partial charge on any atom is 0.403 e. The molecule has 0 spiro atoms. The van der Waals surface area contributed by atoms with E-state index in [0.29, 0.717) is 13.0 Å². The zero-order chi connectivity index (χ0) is 15.3. The lowest BCUT2D eigenvalue weighted by atomic mass is 10.0. The number of alkyl halides is 3. The van der Waals surface area contributed by atoms with E-state index in [1.807, 2.05) is 30.3 Å². The molecule has 7 heteroatoms. The minimum atomic E-state index is -4.22. The summed E-state index contributed by atoms with van der Waals surface area (Å²) in [6.07, 6.45) is -3.93. The molecule has 4 nitrogen and oxygen atoms in total. The van der Waals surface area contributed by atoms with E-state index >= 15 is 0 Å². The first-order valence-electron chi connectivity index (χ1n) is 6.83. The molecule has 0 radical (unpaired) electrons. The molecule has 0 bridgehead atoms. The maximum absolute atomic E-state index is 12.5. The Balaban J connectivity index is 1.70. The predicted molar refractivity (Wildman–Crippen MR) is 72.7 cm³/mol. The zero-order valence-corrected chi connectivity index (χ0v) is 11.4. The number of amides is 2. The van der Waals surface area contributed by atoms with Crippen LogP contribution in [0.5, 0.6) is 0 Å². The largest absolute Gasteiger partial charge is 0.403 e. The molecule has 0 aromatic heterocycles. The lowest BCUT2D eigenvalue weighted by Crippen LogP contribution is -2.55. The molecule has 1 heterocycles. The van der Waals surface area contributed by atoms with Crippen molar-refractivity contribution in [1.82, 2.24) is 16.0 Å². The van der Waals surface area contributed by atoms with Crippen LogP contribution in [0.25, 0.3) is 0 Å². The van der Waals surface area contributed by atoms with Gasteiger partial charge in [-0.2, -0.15) is 13.2 Å². The molecule has 2 atom stereocenters. The van der Waals surface area contributed by atoms with Crippen LogP contribution >= 0.6 is 0 Å². The van der Waals surface area contributed by atoms with Crippen molar-refractivity contribution in [3.8, 4) is 0 Å². The van der Waals surface area contributed by atoms with Gasteiger partial charge in [0, 0.05) is 19.1 Å². The first kappa shape index (κ1) is 15.6. The van der Waals surface area contributed by atoms with Gasteiger partial charge in [0.15, 0.2) is 0 Å². The van der Waals surface area contributed by atoms with E-state index in [-0.39, 0.29) is 25.0 Å². The number of urea groups is 1. The molecule has 1 aromatic carbocycles. The topological polar surface area (TPSA) is 53.2 Å². The Morgan fingerprint density at radius 2 is 1.95 bits per heavy atom. The van der Waals surface area contributed by atoms with Crippen molar-refractivity contribution in [2.24, 2.45) is 0 Å². The van der Waals surface area contributed by atoms with Crippen molar-refractivity contribution < 1.29 is 18.0 Å². The Morgan fingerprint density at radius 1 is 1.24 bits per heavy atom. The van der Waals surface area contributed by atoms with Crippen molar-refractivity contribution in [2.45, 2.75) is 37.6 Å². The summed E-state index contributed by atoms with van der Waals surface area (Å²) in [5, 5.41) is 7.79. The van der Waals surface area contributed by atoms with Crippen molar-refractivity contribution in [2.75, 3.05) is 6.54 Å². The van der Waals surface area contributed by atoms with Crippen molar-refractivity contribution in [3.05, 3.63) is 35.9 Å². The number of rotatable bonds is 3. The molecular formula is C14H18F3N3O. The highest BCUT2D eigenvalue weighted by molar-refractivity contribution is 5.74. The summed E-state index contributed by atoms with van der Waals surface area (Å²) in [5.74, 6) is 0. The second kappa shape index (κ2) is 6.80. The first-order chi connectivity index (χ1) is 9.95. The van der Waals surface area contributed by atoms with E-state index in [2.05, 4.69) is 16.0 Å². The van der Waals surface area contributed by atoms with E-state index < -0.39 is 12.2 Å². The first-order valence-corrected chi connectivity index (χ1v) is 6.83. The Kier molecular flexibility index (Phi) is 5.06. The number of benzene rings is 1. The van der Waals surface area contributed by atoms with E-state index in [9.17, 15) is 18.0 Å². The predicted octanol–water partition coefficient (Wildman–Crippen LogP) is 2.17. The van der Waals surface area contributed by atoms with Gasteiger partial charge in [-0.1, -0.05) is 30.3 Å². The highest BCUT2D eigenvalue weighted by Crippen LogP contribution is 2.26. The highest BCUT2D eigenvalue weighted by atomic mass is 19.4. The fourth-order valence-electron chi connectivity index (χ4n) is 2.27. The molecule has 1 aromatic rings. The number of carbonyl (C=O) groups is 1. The van der Waals surface area contributed by atoms with Gasteiger partial charge in [0.1, 0.15) is 6.04 Å². The van der Waals surface area contributed by atoms with Crippen molar-refractivity contribution >= 4 is 6.03 Å². The third-order valence-corrected chi connectivity index (χ3v) is 3.44. The number of nitrogens with one attached hydrogen (secondary N) is 3. The molecule has 1 fully saturated rings. The fraction of sp³-hybridized carbons (Fsp3) is 0.500. The van der Waals surface area contributed by atoms with Crippen LogP contribution in [0, 0.1) is 0 Å². The molecule has 2 amide bonds. The van der Waals surface area contributed by atoms with Gasteiger partial charge in [0.25, 0.3) is 0 Å². The average Bonchev–Trinajstić information content (AvgIpc) is 2.46. The van der Waals surface area contributed by atoms with Gasteiger partial charge in [-0.25, -0.2) is 4.79 Å². The van der Waals surface area contributed by atoms with Gasteiger partial charge in [0.05, 0.1) is 0 Å². The molecule has 2 unspecified atom stereocenters. The van der Waals surface area contributed by atoms with E-state index in [1.54, 1.807) is 0 Å². The Hall–Kier alpha value is -1.76. The van der Waals surface area contributed by atoms with Gasteiger partial charge < -0.3 is 16.0 Å². The average molecular weight is 301 g/mol. The van der Waals surface area contributed by atoms with Crippen LogP contribution in [-0.2, 0) is 6.54 Å². The van der Waals surface area contributed by atoms with E-state index in [1.165, 1.54) is 0 Å². The molecule has 0 saturated carbocycles. The van der Waals surface area contributed by atoms with Gasteiger partial charge in [-0.15, -0.1) is 0 Å². The monoisotopic (exact) mass is 301 g/mol. The Labute approximate surface area is 121 Å². The van der Waals surface area contributed by atoms with Crippen LogP contribution < -0.4 is 16.0 Å². The number of hydrogen-bond acceptors (Lipinski definition) is 2. The van der Waals surface area contributed by atoms with Crippen LogP contribution in [-0.4, -0.2) is 30.8 Å². The number of piperidine rings is 1. The second-order valence-electron chi connectivity index (χ2n) is 5.09. The molecule has 21 heavy (non-hydrogen) atoms. The highest BCUT2D eigenvalue weighted by Gasteiger charge is 2.41. The normalized spacial score (nSPS) is 22.6. The van der Waals surface area contributed by atoms with Crippen LogP contribution in [0.1, 0.15) is 18.4 Å². The SMILES string of the molecule is O=C(NCc1ccccc1)NC1CCC(C(F)(F)F)NC1. The molecule has 1 saturated heterocycles. The summed E-state index contributed by atoms with van der Waals surface area (Å²) in [5.41, 5.74) is 0.964. The molecule has 1 aliphatic heterocycles. The number of hydrogen-bond donors (Lipinski definition) is 3. The number of carbonyl (C=O) groups excluding carboxylic acids is 1. The molecule has 116 valence electrons. The van der Waals surface area contributed by atoms with Gasteiger partial charge in [-0.05, 0) is 18.4 Å². The smallest absolute Gasteiger partial charge is 0.334 e. The lowest BCUT2D eigenvalue weighted by molar-refractivity contribution is -0.160. The second-order valence-corrected chi connectivity index (χ2v) is 5.09.